The van der Waals surface area contributed by atoms with Crippen LogP contribution >= 0.6 is 0 Å². The molecule has 0 heterocycles. The number of ether oxygens (including phenoxy) is 1. The second-order valence-electron chi connectivity index (χ2n) is 6.40. The fourth-order valence-electron chi connectivity index (χ4n) is 2.86. The van der Waals surface area contributed by atoms with Gasteiger partial charge in [-0.05, 0) is 24.5 Å². The van der Waals surface area contributed by atoms with Crippen molar-refractivity contribution >= 4 is 0 Å². The van der Waals surface area contributed by atoms with E-state index in [4.69, 9.17) is 14.9 Å². The lowest BCUT2D eigenvalue weighted by molar-refractivity contribution is -0.256. The summed E-state index contributed by atoms with van der Waals surface area (Å²) in [5, 5.41) is 18.1. The van der Waals surface area contributed by atoms with Gasteiger partial charge in [0, 0.05) is 0 Å². The van der Waals surface area contributed by atoms with Gasteiger partial charge >= 0.3 is 6.18 Å². The summed E-state index contributed by atoms with van der Waals surface area (Å²) in [6.07, 6.45) is 3.69. The van der Waals surface area contributed by atoms with Crippen molar-refractivity contribution in [2.24, 2.45) is 0 Å². The molecule has 0 spiro atoms. The predicted octanol–water partition coefficient (Wildman–Crippen LogP) is 5.04. The van der Waals surface area contributed by atoms with E-state index in [1.807, 2.05) is 0 Å². The molecule has 3 nitrogen and oxygen atoms in total. The molecule has 2 N–H and O–H groups in total. The summed E-state index contributed by atoms with van der Waals surface area (Å²) in [7, 11) is 0. The zero-order chi connectivity index (χ0) is 18.7. The van der Waals surface area contributed by atoms with Gasteiger partial charge in [0.25, 0.3) is 6.48 Å². The van der Waals surface area contributed by atoms with E-state index in [1.165, 1.54) is 31.7 Å². The molecule has 0 aromatic heterocycles. The third kappa shape index (κ3) is 9.82. The summed E-state index contributed by atoms with van der Waals surface area (Å²) >= 11 is 0. The quantitative estimate of drug-likeness (QED) is 0.404. The number of alkyl halides is 3. The van der Waals surface area contributed by atoms with Crippen LogP contribution in [0.4, 0.5) is 13.2 Å². The van der Waals surface area contributed by atoms with Crippen LogP contribution in [0, 0.1) is 0 Å². The van der Waals surface area contributed by atoms with Gasteiger partial charge in [-0.3, -0.25) is 0 Å². The van der Waals surface area contributed by atoms with Crippen molar-refractivity contribution in [2.75, 3.05) is 0 Å². The van der Waals surface area contributed by atoms with Crippen LogP contribution in [0.15, 0.2) is 24.3 Å². The van der Waals surface area contributed by atoms with Gasteiger partial charge in [0.1, 0.15) is 0 Å². The molecule has 0 aliphatic rings. The molecule has 6 heteroatoms. The molecule has 1 aromatic rings. The second kappa shape index (κ2) is 11.5. The fourth-order valence-corrected chi connectivity index (χ4v) is 2.86. The van der Waals surface area contributed by atoms with E-state index in [0.29, 0.717) is 12.0 Å². The largest absolute Gasteiger partial charge is 0.416 e. The third-order valence-corrected chi connectivity index (χ3v) is 4.16. The van der Waals surface area contributed by atoms with Crippen LogP contribution in [0.1, 0.15) is 69.4 Å². The summed E-state index contributed by atoms with van der Waals surface area (Å²) in [4.78, 5) is 0. The summed E-state index contributed by atoms with van der Waals surface area (Å²) in [6, 6.07) is 5.07. The maximum atomic E-state index is 12.8. The molecule has 1 unspecified atom stereocenters. The zero-order valence-electron chi connectivity index (χ0n) is 14.8. The Labute approximate surface area is 147 Å². The second-order valence-corrected chi connectivity index (χ2v) is 6.40. The van der Waals surface area contributed by atoms with E-state index >= 15 is 0 Å². The van der Waals surface area contributed by atoms with Gasteiger partial charge in [-0.15, -0.1) is 0 Å². The zero-order valence-corrected chi connectivity index (χ0v) is 14.8. The van der Waals surface area contributed by atoms with E-state index in [-0.39, 0.29) is 6.42 Å². The van der Waals surface area contributed by atoms with Crippen LogP contribution in [0.2, 0.25) is 0 Å². The Kier molecular flexibility index (Phi) is 10.1. The average Bonchev–Trinajstić information content (AvgIpc) is 2.53. The number of hydrogen-bond donors (Lipinski definition) is 2. The van der Waals surface area contributed by atoms with Gasteiger partial charge < -0.3 is 14.9 Å². The topological polar surface area (TPSA) is 49.7 Å². The summed E-state index contributed by atoms with van der Waals surface area (Å²) in [6.45, 7) is 0.246. The molecule has 1 rings (SSSR count). The molecular weight excluding hydrogens is 333 g/mol. The molecule has 144 valence electrons. The van der Waals surface area contributed by atoms with Gasteiger partial charge in [0.2, 0.25) is 0 Å². The Morgan fingerprint density at radius 2 is 1.64 bits per heavy atom. The number of unbranched alkanes of at least 4 members (excludes halogenated alkanes) is 6. The van der Waals surface area contributed by atoms with Crippen LogP contribution < -0.4 is 0 Å². The van der Waals surface area contributed by atoms with Crippen LogP contribution in [0.3, 0.4) is 0 Å². The van der Waals surface area contributed by atoms with Gasteiger partial charge in [0.05, 0.1) is 11.7 Å². The van der Waals surface area contributed by atoms with E-state index in [2.05, 4.69) is 6.92 Å². The predicted molar refractivity (Wildman–Crippen MR) is 90.9 cm³/mol. The number of hydrogen-bond acceptors (Lipinski definition) is 3. The highest BCUT2D eigenvalue weighted by molar-refractivity contribution is 5.26. The summed E-state index contributed by atoms with van der Waals surface area (Å²) in [5.41, 5.74) is -0.229. The SMILES string of the molecule is CCCCCCCCCC(Cc1cccc(C(F)(F)F)c1)OC(O)O. The van der Waals surface area contributed by atoms with Crippen molar-refractivity contribution in [2.45, 2.75) is 83.5 Å². The number of aliphatic hydroxyl groups is 2. The Hall–Kier alpha value is -1.11. The van der Waals surface area contributed by atoms with Crippen LogP contribution in [-0.2, 0) is 17.3 Å². The van der Waals surface area contributed by atoms with Crippen molar-refractivity contribution in [1.29, 1.82) is 0 Å². The van der Waals surface area contributed by atoms with Crippen molar-refractivity contribution in [1.82, 2.24) is 0 Å². The van der Waals surface area contributed by atoms with Crippen molar-refractivity contribution in [3.8, 4) is 0 Å². The lowest BCUT2D eigenvalue weighted by Gasteiger charge is -2.19. The highest BCUT2D eigenvalue weighted by Gasteiger charge is 2.30. The minimum absolute atomic E-state index is 0.220. The van der Waals surface area contributed by atoms with Crippen molar-refractivity contribution in [3.63, 3.8) is 0 Å². The highest BCUT2D eigenvalue weighted by Crippen LogP contribution is 2.30. The molecule has 25 heavy (non-hydrogen) atoms. The van der Waals surface area contributed by atoms with Gasteiger partial charge in [0.15, 0.2) is 0 Å². The van der Waals surface area contributed by atoms with Crippen LogP contribution in [-0.4, -0.2) is 22.8 Å². The molecule has 0 fully saturated rings. The first-order valence-electron chi connectivity index (χ1n) is 9.00. The maximum Gasteiger partial charge on any atom is 0.416 e. The minimum Gasteiger partial charge on any atom is -0.346 e. The molecule has 0 saturated heterocycles. The Bertz CT molecular complexity index is 475. The smallest absolute Gasteiger partial charge is 0.346 e. The average molecular weight is 362 g/mol. The molecule has 0 aliphatic carbocycles. The van der Waals surface area contributed by atoms with Gasteiger partial charge in [-0.25, -0.2) is 0 Å². The van der Waals surface area contributed by atoms with Crippen LogP contribution in [0.25, 0.3) is 0 Å². The minimum atomic E-state index is -4.39. The third-order valence-electron chi connectivity index (χ3n) is 4.16. The molecule has 0 radical (unpaired) electrons. The molecule has 0 aliphatic heterocycles. The van der Waals surface area contributed by atoms with E-state index in [0.717, 1.165) is 31.4 Å². The molecule has 0 saturated carbocycles. The van der Waals surface area contributed by atoms with Crippen molar-refractivity contribution in [3.05, 3.63) is 35.4 Å². The number of rotatable bonds is 12. The standard InChI is InChI=1S/C19H29F3O3/c1-2-3-4-5-6-7-8-12-17(25-18(23)24)14-15-10-9-11-16(13-15)19(20,21)22/h9-11,13,17-18,23-24H,2-8,12,14H2,1H3. The Morgan fingerprint density at radius 3 is 2.24 bits per heavy atom. The summed E-state index contributed by atoms with van der Waals surface area (Å²) in [5.74, 6) is 0. The Morgan fingerprint density at radius 1 is 1.00 bits per heavy atom. The first-order chi connectivity index (χ1) is 11.8. The van der Waals surface area contributed by atoms with E-state index < -0.39 is 24.3 Å². The summed E-state index contributed by atoms with van der Waals surface area (Å²) < 4.78 is 43.4. The number of halogens is 3. The highest BCUT2D eigenvalue weighted by atomic mass is 19.4. The number of aliphatic hydroxyl groups excluding tert-OH is 1. The first kappa shape index (κ1) is 21.9. The van der Waals surface area contributed by atoms with Gasteiger partial charge in [-0.2, -0.15) is 13.2 Å². The fraction of sp³-hybridized carbons (Fsp3) is 0.684. The Balaban J connectivity index is 2.50. The monoisotopic (exact) mass is 362 g/mol. The normalized spacial score (nSPS) is 13.4. The van der Waals surface area contributed by atoms with Crippen LogP contribution in [0.5, 0.6) is 0 Å². The molecule has 1 atom stereocenters. The number of benzene rings is 1. The van der Waals surface area contributed by atoms with E-state index in [9.17, 15) is 13.2 Å². The van der Waals surface area contributed by atoms with Gasteiger partial charge in [-0.1, -0.05) is 70.1 Å². The molecule has 0 amide bonds. The molecule has 0 bridgehead atoms. The van der Waals surface area contributed by atoms with Crippen molar-refractivity contribution < 1.29 is 28.1 Å². The lowest BCUT2D eigenvalue weighted by atomic mass is 10.00. The molecule has 1 aromatic carbocycles. The first-order valence-corrected chi connectivity index (χ1v) is 9.00. The molecular formula is C19H29F3O3. The lowest BCUT2D eigenvalue weighted by Crippen LogP contribution is -2.24. The maximum absolute atomic E-state index is 12.8. The van der Waals surface area contributed by atoms with E-state index in [1.54, 1.807) is 6.07 Å².